The first kappa shape index (κ1) is 22.9. The lowest BCUT2D eigenvalue weighted by atomic mass is 10.1. The minimum Gasteiger partial charge on any atom is -0.406 e. The molecule has 35 heavy (non-hydrogen) atoms. The Bertz CT molecular complexity index is 1330. The fourth-order valence-corrected chi connectivity index (χ4v) is 4.15. The normalized spacial score (nSPS) is 14.9. The number of nitrogens with one attached hydrogen (secondary N) is 1. The van der Waals surface area contributed by atoms with Crippen molar-refractivity contribution in [3.8, 4) is 17.3 Å². The number of piperazine rings is 1. The van der Waals surface area contributed by atoms with Crippen molar-refractivity contribution in [3.05, 3.63) is 78.0 Å². The third kappa shape index (κ3) is 5.43. The summed E-state index contributed by atoms with van der Waals surface area (Å²) in [6, 6.07) is 17.0. The van der Waals surface area contributed by atoms with Crippen molar-refractivity contribution in [3.63, 3.8) is 0 Å². The maximum atomic E-state index is 13.1. The van der Waals surface area contributed by atoms with Gasteiger partial charge in [-0.15, -0.1) is 13.2 Å². The number of hydrogen-bond donors (Lipinski definition) is 1. The van der Waals surface area contributed by atoms with Gasteiger partial charge in [-0.2, -0.15) is 0 Å². The molecule has 0 spiro atoms. The summed E-state index contributed by atoms with van der Waals surface area (Å²) in [6.07, 6.45) is -3.02. The van der Waals surface area contributed by atoms with Crippen LogP contribution in [0.3, 0.4) is 0 Å². The van der Waals surface area contributed by atoms with Gasteiger partial charge in [0, 0.05) is 44.5 Å². The van der Waals surface area contributed by atoms with Crippen LogP contribution in [0.15, 0.2) is 66.9 Å². The van der Waals surface area contributed by atoms with Crippen LogP contribution in [-0.2, 0) is 6.54 Å². The van der Waals surface area contributed by atoms with Gasteiger partial charge in [0.2, 0.25) is 0 Å². The van der Waals surface area contributed by atoms with Gasteiger partial charge in [0.1, 0.15) is 11.4 Å². The number of imidazole rings is 1. The van der Waals surface area contributed by atoms with E-state index in [1.54, 1.807) is 35.4 Å². The van der Waals surface area contributed by atoms with Crippen LogP contribution < -0.4 is 4.74 Å². The topological polar surface area (TPSA) is 74.4 Å². The van der Waals surface area contributed by atoms with Crippen LogP contribution in [0.5, 0.6) is 5.75 Å². The fourth-order valence-electron chi connectivity index (χ4n) is 4.15. The number of H-pyrrole nitrogens is 1. The minimum absolute atomic E-state index is 0.0745. The highest BCUT2D eigenvalue weighted by molar-refractivity contribution is 5.97. The van der Waals surface area contributed by atoms with Gasteiger partial charge in [-0.25, -0.2) is 4.98 Å². The first-order valence-electron chi connectivity index (χ1n) is 11.1. The summed E-state index contributed by atoms with van der Waals surface area (Å²) < 4.78 is 41.4. The summed E-state index contributed by atoms with van der Waals surface area (Å²) in [4.78, 5) is 29.1. The van der Waals surface area contributed by atoms with Crippen molar-refractivity contribution >= 4 is 16.9 Å². The number of halogens is 3. The summed E-state index contributed by atoms with van der Waals surface area (Å²) in [5.74, 6) is 0.335. The smallest absolute Gasteiger partial charge is 0.406 e. The second-order valence-electron chi connectivity index (χ2n) is 8.30. The Morgan fingerprint density at radius 3 is 2.57 bits per heavy atom. The van der Waals surface area contributed by atoms with Gasteiger partial charge in [0.15, 0.2) is 5.82 Å². The van der Waals surface area contributed by atoms with E-state index in [1.165, 1.54) is 12.1 Å². The molecule has 1 fully saturated rings. The molecular formula is C25H22F3N5O2. The van der Waals surface area contributed by atoms with Crippen LogP contribution in [0.2, 0.25) is 0 Å². The molecular weight excluding hydrogens is 459 g/mol. The van der Waals surface area contributed by atoms with E-state index in [0.29, 0.717) is 49.6 Å². The predicted molar refractivity (Wildman–Crippen MR) is 124 cm³/mol. The lowest BCUT2D eigenvalue weighted by molar-refractivity contribution is -0.274. The summed E-state index contributed by atoms with van der Waals surface area (Å²) >= 11 is 0. The van der Waals surface area contributed by atoms with Crippen molar-refractivity contribution in [1.29, 1.82) is 0 Å². The van der Waals surface area contributed by atoms with E-state index in [4.69, 9.17) is 0 Å². The fraction of sp³-hybridized carbons (Fsp3) is 0.240. The van der Waals surface area contributed by atoms with Crippen LogP contribution in [0, 0.1) is 0 Å². The van der Waals surface area contributed by atoms with Crippen LogP contribution in [0.25, 0.3) is 22.6 Å². The number of alkyl halides is 3. The van der Waals surface area contributed by atoms with Crippen LogP contribution in [-0.4, -0.2) is 63.2 Å². The molecule has 180 valence electrons. The van der Waals surface area contributed by atoms with E-state index in [1.807, 2.05) is 24.3 Å². The van der Waals surface area contributed by atoms with Crippen molar-refractivity contribution in [1.82, 2.24) is 24.8 Å². The molecule has 1 aliphatic heterocycles. The largest absolute Gasteiger partial charge is 0.573 e. The molecule has 4 aromatic rings. The highest BCUT2D eigenvalue weighted by Crippen LogP contribution is 2.24. The molecule has 1 N–H and O–H groups in total. The third-order valence-electron chi connectivity index (χ3n) is 5.84. The molecule has 5 rings (SSSR count). The molecule has 1 aliphatic rings. The molecule has 10 heteroatoms. The van der Waals surface area contributed by atoms with Gasteiger partial charge in [-0.1, -0.05) is 18.2 Å². The zero-order valence-corrected chi connectivity index (χ0v) is 18.6. The molecule has 0 bridgehead atoms. The average Bonchev–Trinajstić information content (AvgIpc) is 3.27. The summed E-state index contributed by atoms with van der Waals surface area (Å²) in [7, 11) is 0. The van der Waals surface area contributed by atoms with E-state index >= 15 is 0 Å². The zero-order chi connectivity index (χ0) is 24.4. The molecule has 2 aromatic heterocycles. The SMILES string of the molecule is O=C(c1ccc2[nH]c(-c3ccccn3)nc2c1)N1CCN(Cc2cccc(OC(F)(F)F)c2)CC1. The van der Waals surface area contributed by atoms with Crippen LogP contribution in [0.1, 0.15) is 15.9 Å². The Kier molecular flexibility index (Phi) is 6.12. The van der Waals surface area contributed by atoms with E-state index in [9.17, 15) is 18.0 Å². The van der Waals surface area contributed by atoms with Crippen molar-refractivity contribution in [2.24, 2.45) is 0 Å². The second kappa shape index (κ2) is 9.38. The molecule has 0 saturated carbocycles. The first-order valence-corrected chi connectivity index (χ1v) is 11.1. The monoisotopic (exact) mass is 481 g/mol. The number of amides is 1. The molecule has 0 atom stereocenters. The lowest BCUT2D eigenvalue weighted by Crippen LogP contribution is -2.48. The van der Waals surface area contributed by atoms with Crippen molar-refractivity contribution in [2.45, 2.75) is 12.9 Å². The molecule has 3 heterocycles. The molecule has 0 aliphatic carbocycles. The maximum absolute atomic E-state index is 13.1. The number of benzene rings is 2. The number of carbonyl (C=O) groups is 1. The standard InChI is InChI=1S/C25H22F3N5O2/c26-25(27,28)35-19-5-3-4-17(14-19)16-32-10-12-33(13-11-32)24(34)18-7-8-20-22(15-18)31-23(30-20)21-6-1-2-9-29-21/h1-9,14-15H,10-13,16H2,(H,30,31). The minimum atomic E-state index is -4.72. The highest BCUT2D eigenvalue weighted by atomic mass is 19.4. The Labute approximate surface area is 199 Å². The summed E-state index contributed by atoms with van der Waals surface area (Å²) in [5, 5.41) is 0. The highest BCUT2D eigenvalue weighted by Gasteiger charge is 2.31. The zero-order valence-electron chi connectivity index (χ0n) is 18.6. The van der Waals surface area contributed by atoms with Gasteiger partial charge in [0.05, 0.1) is 11.0 Å². The van der Waals surface area contributed by atoms with Gasteiger partial charge in [-0.05, 0) is 48.0 Å². The van der Waals surface area contributed by atoms with E-state index in [2.05, 4.69) is 24.6 Å². The molecule has 1 saturated heterocycles. The Morgan fingerprint density at radius 2 is 1.83 bits per heavy atom. The number of ether oxygens (including phenoxy) is 1. The molecule has 7 nitrogen and oxygen atoms in total. The van der Waals surface area contributed by atoms with E-state index in [-0.39, 0.29) is 11.7 Å². The number of pyridine rings is 1. The van der Waals surface area contributed by atoms with Gasteiger partial charge in [-0.3, -0.25) is 14.7 Å². The average molecular weight is 481 g/mol. The number of nitrogens with zero attached hydrogens (tertiary/aromatic N) is 4. The number of aromatic nitrogens is 3. The van der Waals surface area contributed by atoms with E-state index < -0.39 is 6.36 Å². The number of carbonyl (C=O) groups excluding carboxylic acids is 1. The Morgan fingerprint density at radius 1 is 1.00 bits per heavy atom. The molecule has 1 amide bonds. The third-order valence-corrected chi connectivity index (χ3v) is 5.84. The molecule has 0 unspecified atom stereocenters. The van der Waals surface area contributed by atoms with Gasteiger partial charge < -0.3 is 14.6 Å². The number of aromatic amines is 1. The van der Waals surface area contributed by atoms with Gasteiger partial charge in [0.25, 0.3) is 5.91 Å². The molecule has 2 aromatic carbocycles. The maximum Gasteiger partial charge on any atom is 0.573 e. The summed E-state index contributed by atoms with van der Waals surface area (Å²) in [5.41, 5.74) is 3.52. The van der Waals surface area contributed by atoms with Crippen molar-refractivity contribution in [2.75, 3.05) is 26.2 Å². The quantitative estimate of drug-likeness (QED) is 0.455. The lowest BCUT2D eigenvalue weighted by Gasteiger charge is -2.34. The van der Waals surface area contributed by atoms with Gasteiger partial charge >= 0.3 is 6.36 Å². The predicted octanol–water partition coefficient (Wildman–Crippen LogP) is 4.48. The van der Waals surface area contributed by atoms with Crippen LogP contribution >= 0.6 is 0 Å². The van der Waals surface area contributed by atoms with E-state index in [0.717, 1.165) is 16.8 Å². The number of fused-ring (bicyclic) bond motifs is 1. The number of hydrogen-bond acceptors (Lipinski definition) is 5. The van der Waals surface area contributed by atoms with Crippen LogP contribution in [0.4, 0.5) is 13.2 Å². The Hall–Kier alpha value is -3.92. The van der Waals surface area contributed by atoms with Crippen molar-refractivity contribution < 1.29 is 22.7 Å². The number of rotatable bonds is 5. The molecule has 0 radical (unpaired) electrons. The second-order valence-corrected chi connectivity index (χ2v) is 8.30. The Balaban J connectivity index is 1.21. The first-order chi connectivity index (χ1) is 16.8. The summed E-state index contributed by atoms with van der Waals surface area (Å²) in [6.45, 7) is 2.76.